The lowest BCUT2D eigenvalue weighted by Crippen LogP contribution is -2.18. The Morgan fingerprint density at radius 1 is 1.24 bits per heavy atom. The van der Waals surface area contributed by atoms with Gasteiger partial charge in [-0.2, -0.15) is 5.10 Å². The van der Waals surface area contributed by atoms with Gasteiger partial charge in [0.25, 0.3) is 0 Å². The third kappa shape index (κ3) is 2.36. The van der Waals surface area contributed by atoms with Crippen LogP contribution in [0.2, 0.25) is 0 Å². The summed E-state index contributed by atoms with van der Waals surface area (Å²) in [7, 11) is 3.42. The zero-order chi connectivity index (χ0) is 14.8. The van der Waals surface area contributed by atoms with Crippen LogP contribution in [0.5, 0.6) is 5.75 Å². The molecule has 1 aromatic carbocycles. The highest BCUT2D eigenvalue weighted by molar-refractivity contribution is 5.58. The minimum Gasteiger partial charge on any atom is -0.496 e. The van der Waals surface area contributed by atoms with Gasteiger partial charge in [-0.15, -0.1) is 0 Å². The topological polar surface area (TPSA) is 38.6 Å². The first-order chi connectivity index (χ1) is 10.2. The fourth-order valence-electron chi connectivity index (χ4n) is 2.59. The number of benzene rings is 1. The quantitative estimate of drug-likeness (QED) is 0.801. The molecule has 0 fully saturated rings. The molecule has 1 unspecified atom stereocenters. The van der Waals surface area contributed by atoms with E-state index in [-0.39, 0.29) is 11.9 Å². The maximum atomic E-state index is 13.6. The molecule has 0 aliphatic carbocycles. The molecule has 0 aliphatic heterocycles. The number of nitrogens with zero attached hydrogens (tertiary/aromatic N) is 2. The highest BCUT2D eigenvalue weighted by Gasteiger charge is 2.20. The Hall–Kier alpha value is -2.40. The van der Waals surface area contributed by atoms with E-state index in [0.717, 1.165) is 16.6 Å². The molecule has 4 nitrogen and oxygen atoms in total. The third-order valence-electron chi connectivity index (χ3n) is 3.56. The molecule has 3 aromatic rings. The number of hydrogen-bond acceptors (Lipinski definition) is 3. The fourth-order valence-corrected chi connectivity index (χ4v) is 2.59. The van der Waals surface area contributed by atoms with Gasteiger partial charge in [-0.3, -0.25) is 0 Å². The van der Waals surface area contributed by atoms with Crippen LogP contribution >= 0.6 is 0 Å². The first-order valence-corrected chi connectivity index (χ1v) is 6.67. The zero-order valence-electron chi connectivity index (χ0n) is 11.9. The van der Waals surface area contributed by atoms with E-state index in [0.29, 0.717) is 5.75 Å². The summed E-state index contributed by atoms with van der Waals surface area (Å²) in [6.07, 6.45) is 3.68. The molecule has 0 amide bonds. The number of aromatic nitrogens is 2. The van der Waals surface area contributed by atoms with Gasteiger partial charge in [-0.05, 0) is 37.4 Å². The summed E-state index contributed by atoms with van der Waals surface area (Å²) < 4.78 is 20.8. The van der Waals surface area contributed by atoms with Crippen molar-refractivity contribution in [3.05, 3.63) is 65.7 Å². The average molecular weight is 285 g/mol. The number of pyridine rings is 1. The Labute approximate surface area is 122 Å². The number of hydrogen-bond donors (Lipinski definition) is 1. The number of nitrogens with one attached hydrogen (secondary N) is 1. The van der Waals surface area contributed by atoms with Crippen LogP contribution in [0, 0.1) is 5.82 Å². The number of rotatable bonds is 4. The Balaban J connectivity index is 2.16. The Morgan fingerprint density at radius 3 is 2.86 bits per heavy atom. The number of methoxy groups -OCH3 is 1. The van der Waals surface area contributed by atoms with E-state index in [1.807, 2.05) is 31.4 Å². The molecule has 2 heterocycles. The second-order valence-corrected chi connectivity index (χ2v) is 4.74. The van der Waals surface area contributed by atoms with Crippen LogP contribution in [0.15, 0.2) is 48.8 Å². The standard InChI is InChI=1S/C16H16FN3O/c1-18-16(12-9-11(17)6-7-15(12)21-2)13-10-19-20-8-4-3-5-14(13)20/h3-10,16,18H,1-2H3. The summed E-state index contributed by atoms with van der Waals surface area (Å²) in [6.45, 7) is 0. The van der Waals surface area contributed by atoms with Crippen molar-refractivity contribution in [3.8, 4) is 5.75 Å². The number of fused-ring (bicyclic) bond motifs is 1. The van der Waals surface area contributed by atoms with Gasteiger partial charge in [0.05, 0.1) is 24.9 Å². The van der Waals surface area contributed by atoms with Crippen molar-refractivity contribution in [2.24, 2.45) is 0 Å². The molecule has 0 spiro atoms. The Kier molecular flexibility index (Phi) is 3.58. The van der Waals surface area contributed by atoms with E-state index in [9.17, 15) is 4.39 Å². The van der Waals surface area contributed by atoms with E-state index in [4.69, 9.17) is 4.74 Å². The van der Waals surface area contributed by atoms with Gasteiger partial charge >= 0.3 is 0 Å². The minimum absolute atomic E-state index is 0.199. The predicted molar refractivity (Wildman–Crippen MR) is 79.0 cm³/mol. The van der Waals surface area contributed by atoms with Gasteiger partial charge in [0.15, 0.2) is 0 Å². The van der Waals surface area contributed by atoms with Gasteiger partial charge in [-0.1, -0.05) is 6.07 Å². The van der Waals surface area contributed by atoms with Crippen molar-refractivity contribution in [1.82, 2.24) is 14.9 Å². The van der Waals surface area contributed by atoms with Crippen molar-refractivity contribution in [2.45, 2.75) is 6.04 Å². The van der Waals surface area contributed by atoms with Gasteiger partial charge in [0, 0.05) is 17.3 Å². The van der Waals surface area contributed by atoms with E-state index >= 15 is 0 Å². The highest BCUT2D eigenvalue weighted by atomic mass is 19.1. The number of ether oxygens (including phenoxy) is 1. The van der Waals surface area contributed by atoms with Gasteiger partial charge in [0.1, 0.15) is 11.6 Å². The molecule has 1 atom stereocenters. The molecule has 2 aromatic heterocycles. The monoisotopic (exact) mass is 285 g/mol. The molecular weight excluding hydrogens is 269 g/mol. The summed E-state index contributed by atoms with van der Waals surface area (Å²) in [5.74, 6) is 0.355. The van der Waals surface area contributed by atoms with E-state index in [1.165, 1.54) is 12.1 Å². The average Bonchev–Trinajstić information content (AvgIpc) is 2.93. The molecule has 0 saturated carbocycles. The molecular formula is C16H16FN3O. The van der Waals surface area contributed by atoms with Crippen LogP contribution < -0.4 is 10.1 Å². The normalized spacial score (nSPS) is 12.5. The zero-order valence-corrected chi connectivity index (χ0v) is 11.9. The molecule has 0 radical (unpaired) electrons. The van der Waals surface area contributed by atoms with E-state index < -0.39 is 0 Å². The Morgan fingerprint density at radius 2 is 2.10 bits per heavy atom. The van der Waals surface area contributed by atoms with Gasteiger partial charge < -0.3 is 10.1 Å². The molecule has 3 rings (SSSR count). The van der Waals surface area contributed by atoms with Crippen molar-refractivity contribution in [2.75, 3.05) is 14.2 Å². The summed E-state index contributed by atoms with van der Waals surface area (Å²) >= 11 is 0. The van der Waals surface area contributed by atoms with E-state index in [1.54, 1.807) is 23.9 Å². The lowest BCUT2D eigenvalue weighted by molar-refractivity contribution is 0.404. The molecule has 5 heteroatoms. The summed E-state index contributed by atoms with van der Waals surface area (Å²) in [6, 6.07) is 10.2. The predicted octanol–water partition coefficient (Wildman–Crippen LogP) is 2.79. The SMILES string of the molecule is CNC(c1cc(F)ccc1OC)c1cnn2ccccc12. The first kappa shape index (κ1) is 13.6. The van der Waals surface area contributed by atoms with Crippen LogP contribution in [0.3, 0.4) is 0 Å². The molecule has 0 saturated heterocycles. The third-order valence-corrected chi connectivity index (χ3v) is 3.56. The minimum atomic E-state index is -0.289. The maximum absolute atomic E-state index is 13.6. The summed E-state index contributed by atoms with van der Waals surface area (Å²) in [5, 5.41) is 7.55. The molecule has 21 heavy (non-hydrogen) atoms. The smallest absolute Gasteiger partial charge is 0.124 e. The van der Waals surface area contributed by atoms with Crippen molar-refractivity contribution >= 4 is 5.52 Å². The maximum Gasteiger partial charge on any atom is 0.124 e. The van der Waals surface area contributed by atoms with Crippen LogP contribution in [0.25, 0.3) is 5.52 Å². The molecule has 0 aliphatic rings. The van der Waals surface area contributed by atoms with Crippen LogP contribution in [-0.4, -0.2) is 23.8 Å². The molecule has 0 bridgehead atoms. The van der Waals surface area contributed by atoms with Crippen molar-refractivity contribution < 1.29 is 9.13 Å². The molecule has 108 valence electrons. The second-order valence-electron chi connectivity index (χ2n) is 4.74. The van der Waals surface area contributed by atoms with Gasteiger partial charge in [-0.25, -0.2) is 8.91 Å². The lowest BCUT2D eigenvalue weighted by atomic mass is 9.99. The van der Waals surface area contributed by atoms with Crippen LogP contribution in [-0.2, 0) is 0 Å². The van der Waals surface area contributed by atoms with Gasteiger partial charge in [0.2, 0.25) is 0 Å². The van der Waals surface area contributed by atoms with Crippen LogP contribution in [0.1, 0.15) is 17.2 Å². The summed E-state index contributed by atoms with van der Waals surface area (Å²) in [5.41, 5.74) is 2.70. The van der Waals surface area contributed by atoms with Crippen molar-refractivity contribution in [3.63, 3.8) is 0 Å². The fraction of sp³-hybridized carbons (Fsp3) is 0.188. The first-order valence-electron chi connectivity index (χ1n) is 6.67. The largest absolute Gasteiger partial charge is 0.496 e. The second kappa shape index (κ2) is 5.54. The Bertz CT molecular complexity index is 769. The lowest BCUT2D eigenvalue weighted by Gasteiger charge is -2.19. The molecule has 1 N–H and O–H groups in total. The highest BCUT2D eigenvalue weighted by Crippen LogP contribution is 2.32. The summed E-state index contributed by atoms with van der Waals surface area (Å²) in [4.78, 5) is 0. The van der Waals surface area contributed by atoms with E-state index in [2.05, 4.69) is 10.4 Å². The van der Waals surface area contributed by atoms with Crippen LogP contribution in [0.4, 0.5) is 4.39 Å². The number of halogens is 1. The van der Waals surface area contributed by atoms with Crippen molar-refractivity contribution in [1.29, 1.82) is 0 Å².